The Morgan fingerprint density at radius 1 is 0.780 bits per heavy atom. The van der Waals surface area contributed by atoms with Crippen LogP contribution >= 0.6 is 0 Å². The van der Waals surface area contributed by atoms with E-state index in [2.05, 4.69) is 20.0 Å². The summed E-state index contributed by atoms with van der Waals surface area (Å²) in [5, 5.41) is 43.9. The van der Waals surface area contributed by atoms with Gasteiger partial charge in [0, 0.05) is 50.0 Å². The van der Waals surface area contributed by atoms with E-state index in [1.165, 1.54) is 48.8 Å². The van der Waals surface area contributed by atoms with Crippen LogP contribution in [0.15, 0.2) is 93.6 Å². The summed E-state index contributed by atoms with van der Waals surface area (Å²) in [5.41, 5.74) is 2.63. The third-order valence-corrected chi connectivity index (χ3v) is 5.81. The number of rotatable bonds is 6. The minimum Gasteiger partial charge on any atom is -2.00 e. The number of aromatic hydroxyl groups is 2. The number of fused-ring (bicyclic) bond motifs is 1. The molecule has 0 unspecified atom stereocenters. The van der Waals surface area contributed by atoms with Crippen molar-refractivity contribution >= 4 is 34.8 Å². The number of nitrogens with one attached hydrogen (secondary N) is 1. The van der Waals surface area contributed by atoms with E-state index in [1.807, 2.05) is 30.3 Å². The van der Waals surface area contributed by atoms with Gasteiger partial charge in [0.2, 0.25) is 0 Å². The van der Waals surface area contributed by atoms with Crippen molar-refractivity contribution in [3.63, 3.8) is 0 Å². The fourth-order valence-electron chi connectivity index (χ4n) is 3.83. The summed E-state index contributed by atoms with van der Waals surface area (Å²) in [6.07, 6.45) is 2.91. The zero-order chi connectivity index (χ0) is 26.6. The molecule has 0 aliphatic heterocycles. The Bertz CT molecular complexity index is 1770. The SMILES string of the molecule is O=c1[nH]c2cc(N=Cc3cccc(O)c3[O-])c(N=Cc3cccc(O)c3[O-])cc2nc1Cc1ccccc1.[O-2].[O-2].[U]. The van der Waals surface area contributed by atoms with Gasteiger partial charge in [0.25, 0.3) is 5.56 Å². The van der Waals surface area contributed by atoms with Gasteiger partial charge < -0.3 is 36.4 Å². The molecule has 0 amide bonds. The maximum absolute atomic E-state index is 12.8. The van der Waals surface area contributed by atoms with Crippen LogP contribution in [0.2, 0.25) is 0 Å². The average molecular weight is 775 g/mol. The van der Waals surface area contributed by atoms with Gasteiger partial charge in [-0.2, -0.15) is 0 Å². The molecular weight excluding hydrogens is 754 g/mol. The topological polar surface area (TPSA) is 214 Å². The van der Waals surface area contributed by atoms with Gasteiger partial charge in [0.1, 0.15) is 17.2 Å². The zero-order valence-corrected chi connectivity index (χ0v) is 25.3. The first-order chi connectivity index (χ1) is 18.4. The molecule has 3 N–H and O–H groups in total. The second-order valence-electron chi connectivity index (χ2n) is 8.44. The number of aromatic nitrogens is 2. The summed E-state index contributed by atoms with van der Waals surface area (Å²) >= 11 is 0. The number of hydrogen-bond donors (Lipinski definition) is 3. The molecule has 208 valence electrons. The summed E-state index contributed by atoms with van der Waals surface area (Å²) in [7, 11) is 0. The molecule has 0 aliphatic carbocycles. The molecule has 0 atom stereocenters. The Kier molecular flexibility index (Phi) is 11.4. The van der Waals surface area contributed by atoms with Crippen molar-refractivity contribution in [2.24, 2.45) is 9.98 Å². The van der Waals surface area contributed by atoms with Crippen molar-refractivity contribution in [3.8, 4) is 23.0 Å². The van der Waals surface area contributed by atoms with Gasteiger partial charge >= 0.3 is 0 Å². The third kappa shape index (κ3) is 7.39. The fraction of sp³-hybridized carbons (Fsp3) is 0.0345. The van der Waals surface area contributed by atoms with Gasteiger partial charge in [0.15, 0.2) is 0 Å². The molecule has 0 bridgehead atoms. The second kappa shape index (κ2) is 14.2. The van der Waals surface area contributed by atoms with E-state index in [1.54, 1.807) is 12.1 Å². The predicted molar refractivity (Wildman–Crippen MR) is 143 cm³/mol. The van der Waals surface area contributed by atoms with Crippen LogP contribution in [-0.2, 0) is 17.4 Å². The standard InChI is InChI=1S/C29H22N4O5.2O.U/c34-25-10-4-8-18(27(25)36)15-30-20-13-22-23(14-21(20)31-16-19-9-5-11-26(35)28(19)37)33-29(38)24(32-22)12-17-6-2-1-3-7-17;;;/h1-11,13-16,34-37H,12H2,(H,33,38);;;/q;2*-2;/p-2. The third-order valence-electron chi connectivity index (χ3n) is 5.81. The number of phenols is 2. The molecule has 0 spiro atoms. The maximum atomic E-state index is 12.8. The quantitative estimate of drug-likeness (QED) is 0.220. The summed E-state index contributed by atoms with van der Waals surface area (Å²) in [6, 6.07) is 21.3. The molecule has 0 saturated carbocycles. The molecule has 0 fully saturated rings. The van der Waals surface area contributed by atoms with Crippen LogP contribution in [0.5, 0.6) is 23.0 Å². The molecule has 41 heavy (non-hydrogen) atoms. The first-order valence-corrected chi connectivity index (χ1v) is 11.6. The number of hydrogen-bond acceptors (Lipinski definition) is 8. The number of para-hydroxylation sites is 2. The second-order valence-corrected chi connectivity index (χ2v) is 8.44. The molecule has 12 heteroatoms. The van der Waals surface area contributed by atoms with E-state index in [4.69, 9.17) is 0 Å². The molecule has 1 heterocycles. The minimum absolute atomic E-state index is 0. The average Bonchev–Trinajstić information content (AvgIpc) is 2.91. The van der Waals surface area contributed by atoms with Gasteiger partial charge in [-0.3, -0.25) is 14.8 Å². The molecule has 11 nitrogen and oxygen atoms in total. The van der Waals surface area contributed by atoms with Gasteiger partial charge in [0.05, 0.1) is 22.4 Å². The summed E-state index contributed by atoms with van der Waals surface area (Å²) < 4.78 is 0. The number of H-pyrrole nitrogens is 1. The summed E-state index contributed by atoms with van der Waals surface area (Å²) in [5.74, 6) is -1.97. The number of aliphatic imine (C=N–C) groups is 2. The Balaban J connectivity index is 0.00000196. The van der Waals surface area contributed by atoms with Crippen molar-refractivity contribution in [2.45, 2.75) is 6.42 Å². The smallest absolute Gasteiger partial charge is 0.270 e. The Labute approximate surface area is 257 Å². The van der Waals surface area contributed by atoms with Crippen LogP contribution in [-0.4, -0.2) is 32.6 Å². The van der Waals surface area contributed by atoms with Crippen LogP contribution in [0, 0.1) is 31.1 Å². The normalized spacial score (nSPS) is 10.7. The van der Waals surface area contributed by atoms with Crippen molar-refractivity contribution < 1.29 is 62.5 Å². The van der Waals surface area contributed by atoms with Gasteiger partial charge in [-0.15, -0.1) is 0 Å². The van der Waals surface area contributed by atoms with Crippen molar-refractivity contribution in [3.05, 3.63) is 112 Å². The monoisotopic (exact) mass is 774 g/mol. The van der Waals surface area contributed by atoms with E-state index in [0.717, 1.165) is 5.56 Å². The summed E-state index contributed by atoms with van der Waals surface area (Å²) in [6.45, 7) is 0. The molecule has 1 aromatic heterocycles. The van der Waals surface area contributed by atoms with Crippen LogP contribution in [0.1, 0.15) is 22.4 Å². The van der Waals surface area contributed by atoms with Crippen LogP contribution in [0.4, 0.5) is 11.4 Å². The number of phenolic OH excluding ortho intramolecular Hbond substituents is 2. The molecule has 5 aromatic rings. The number of benzene rings is 4. The molecular formula is C29H20N4O7U-6. The van der Waals surface area contributed by atoms with Gasteiger partial charge in [-0.25, -0.2) is 4.98 Å². The van der Waals surface area contributed by atoms with Crippen molar-refractivity contribution in [1.82, 2.24) is 9.97 Å². The Hall–Kier alpha value is -4.47. The number of aromatic amines is 1. The van der Waals surface area contributed by atoms with E-state index in [-0.39, 0.29) is 64.4 Å². The molecule has 0 aliphatic rings. The van der Waals surface area contributed by atoms with Crippen LogP contribution < -0.4 is 15.8 Å². The summed E-state index contributed by atoms with van der Waals surface area (Å²) in [4.78, 5) is 28.9. The first kappa shape index (κ1) is 32.7. The minimum atomic E-state index is -0.585. The van der Waals surface area contributed by atoms with Gasteiger partial charge in [-0.05, 0) is 41.0 Å². The van der Waals surface area contributed by atoms with Crippen molar-refractivity contribution in [2.75, 3.05) is 0 Å². The molecule has 4 aromatic carbocycles. The van der Waals surface area contributed by atoms with E-state index in [0.29, 0.717) is 28.8 Å². The van der Waals surface area contributed by atoms with E-state index >= 15 is 0 Å². The molecule has 0 radical (unpaired) electrons. The number of nitrogens with zero attached hydrogens (tertiary/aromatic N) is 3. The first-order valence-electron chi connectivity index (χ1n) is 11.6. The van der Waals surface area contributed by atoms with Crippen molar-refractivity contribution in [1.29, 1.82) is 0 Å². The van der Waals surface area contributed by atoms with Crippen LogP contribution in [0.3, 0.4) is 0 Å². The molecule has 5 rings (SSSR count). The van der Waals surface area contributed by atoms with Crippen LogP contribution in [0.25, 0.3) is 11.0 Å². The fourth-order valence-corrected chi connectivity index (χ4v) is 3.83. The zero-order valence-electron chi connectivity index (χ0n) is 21.1. The van der Waals surface area contributed by atoms with E-state index < -0.39 is 23.0 Å². The van der Waals surface area contributed by atoms with Gasteiger partial charge in [-0.1, -0.05) is 66.1 Å². The Morgan fingerprint density at radius 2 is 1.32 bits per heavy atom. The predicted octanol–water partition coefficient (Wildman–Crippen LogP) is 3.34. The Morgan fingerprint density at radius 3 is 1.88 bits per heavy atom. The van der Waals surface area contributed by atoms with E-state index in [9.17, 15) is 25.2 Å². The maximum Gasteiger partial charge on any atom is 0.270 e. The largest absolute Gasteiger partial charge is 2.00 e. The molecule has 0 saturated heterocycles.